The van der Waals surface area contributed by atoms with Crippen LogP contribution in [0.1, 0.15) is 18.5 Å². The zero-order valence-corrected chi connectivity index (χ0v) is 11.0. The molecule has 2 aromatic rings. The molecule has 3 heteroatoms. The van der Waals surface area contributed by atoms with Crippen molar-refractivity contribution in [2.75, 3.05) is 13.2 Å². The van der Waals surface area contributed by atoms with Gasteiger partial charge in [0.1, 0.15) is 6.61 Å². The molecule has 0 radical (unpaired) electrons. The van der Waals surface area contributed by atoms with Gasteiger partial charge in [-0.15, -0.1) is 0 Å². The van der Waals surface area contributed by atoms with Crippen molar-refractivity contribution in [3.63, 3.8) is 0 Å². The van der Waals surface area contributed by atoms with Gasteiger partial charge in [-0.3, -0.25) is 0 Å². The summed E-state index contributed by atoms with van der Waals surface area (Å²) in [5.41, 5.74) is 1.14. The average molecular weight is 259 g/mol. The van der Waals surface area contributed by atoms with Gasteiger partial charge in [0.15, 0.2) is 11.6 Å². The van der Waals surface area contributed by atoms with E-state index in [0.29, 0.717) is 12.4 Å². The van der Waals surface area contributed by atoms with Crippen molar-refractivity contribution in [1.29, 1.82) is 0 Å². The Morgan fingerprint density at radius 3 is 2.42 bits per heavy atom. The molecule has 0 amide bonds. The normalized spacial score (nSPS) is 12.1. The first-order valence-corrected chi connectivity index (χ1v) is 6.47. The first-order chi connectivity index (χ1) is 9.31. The number of benzene rings is 2. The van der Waals surface area contributed by atoms with Gasteiger partial charge in [0.25, 0.3) is 0 Å². The van der Waals surface area contributed by atoms with E-state index in [1.54, 1.807) is 18.2 Å². The second-order valence-corrected chi connectivity index (χ2v) is 4.26. The van der Waals surface area contributed by atoms with Gasteiger partial charge >= 0.3 is 0 Å². The van der Waals surface area contributed by atoms with Gasteiger partial charge in [-0.1, -0.05) is 49.4 Å². The zero-order valence-electron chi connectivity index (χ0n) is 11.0. The van der Waals surface area contributed by atoms with Crippen LogP contribution in [0.25, 0.3) is 0 Å². The fraction of sp³-hybridized carbons (Fsp3) is 0.250. The molecule has 2 rings (SSSR count). The fourth-order valence-corrected chi connectivity index (χ4v) is 1.94. The third-order valence-electron chi connectivity index (χ3n) is 2.89. The van der Waals surface area contributed by atoms with Crippen LogP contribution >= 0.6 is 0 Å². The third kappa shape index (κ3) is 3.80. The second kappa shape index (κ2) is 6.90. The first kappa shape index (κ1) is 13.6. The first-order valence-electron chi connectivity index (χ1n) is 6.47. The molecule has 1 unspecified atom stereocenters. The van der Waals surface area contributed by atoms with Crippen molar-refractivity contribution in [3.8, 4) is 5.75 Å². The number of likely N-dealkylation sites (N-methyl/N-ethyl adjacent to an activating group) is 1. The maximum Gasteiger partial charge on any atom is 0.165 e. The summed E-state index contributed by atoms with van der Waals surface area (Å²) < 4.78 is 19.1. The number of hydrogen-bond acceptors (Lipinski definition) is 2. The van der Waals surface area contributed by atoms with Crippen molar-refractivity contribution >= 4 is 0 Å². The molecular formula is C16H18FNO. The van der Waals surface area contributed by atoms with Gasteiger partial charge in [-0.2, -0.15) is 0 Å². The van der Waals surface area contributed by atoms with Crippen LogP contribution in [-0.2, 0) is 0 Å². The molecule has 19 heavy (non-hydrogen) atoms. The lowest BCUT2D eigenvalue weighted by molar-refractivity contribution is 0.257. The summed E-state index contributed by atoms with van der Waals surface area (Å²) in [5, 5.41) is 3.34. The quantitative estimate of drug-likeness (QED) is 0.856. The van der Waals surface area contributed by atoms with Crippen LogP contribution in [0.5, 0.6) is 5.75 Å². The van der Waals surface area contributed by atoms with Crippen molar-refractivity contribution in [2.24, 2.45) is 0 Å². The Hall–Kier alpha value is -1.87. The summed E-state index contributed by atoms with van der Waals surface area (Å²) >= 11 is 0. The van der Waals surface area contributed by atoms with Gasteiger partial charge in [0, 0.05) is 0 Å². The molecule has 1 N–H and O–H groups in total. The minimum atomic E-state index is -0.328. The molecule has 2 nitrogen and oxygen atoms in total. The lowest BCUT2D eigenvalue weighted by atomic mass is 10.1. The van der Waals surface area contributed by atoms with Gasteiger partial charge < -0.3 is 10.1 Å². The van der Waals surface area contributed by atoms with E-state index >= 15 is 0 Å². The number of ether oxygens (including phenoxy) is 1. The smallest absolute Gasteiger partial charge is 0.165 e. The van der Waals surface area contributed by atoms with Crippen LogP contribution < -0.4 is 10.1 Å². The van der Waals surface area contributed by atoms with Gasteiger partial charge in [-0.05, 0) is 24.2 Å². The van der Waals surface area contributed by atoms with E-state index in [2.05, 4.69) is 5.32 Å². The van der Waals surface area contributed by atoms with Crippen LogP contribution in [0.2, 0.25) is 0 Å². The molecule has 0 bridgehead atoms. The predicted octanol–water partition coefficient (Wildman–Crippen LogP) is 3.56. The zero-order chi connectivity index (χ0) is 13.5. The van der Waals surface area contributed by atoms with E-state index in [0.717, 1.165) is 12.1 Å². The molecule has 0 saturated carbocycles. The SMILES string of the molecule is CCNC(COc1ccccc1F)c1ccccc1. The van der Waals surface area contributed by atoms with E-state index in [4.69, 9.17) is 4.74 Å². The van der Waals surface area contributed by atoms with Gasteiger partial charge in [-0.25, -0.2) is 4.39 Å². The van der Waals surface area contributed by atoms with E-state index < -0.39 is 0 Å². The van der Waals surface area contributed by atoms with E-state index in [1.807, 2.05) is 37.3 Å². The van der Waals surface area contributed by atoms with Gasteiger partial charge in [0.05, 0.1) is 6.04 Å². The Bertz CT molecular complexity index is 501. The average Bonchev–Trinajstić information content (AvgIpc) is 2.46. The molecule has 0 fully saturated rings. The lowest BCUT2D eigenvalue weighted by Gasteiger charge is -2.19. The monoisotopic (exact) mass is 259 g/mol. The topological polar surface area (TPSA) is 21.3 Å². The molecule has 0 aliphatic carbocycles. The Morgan fingerprint density at radius 2 is 1.74 bits per heavy atom. The molecule has 0 aromatic heterocycles. The van der Waals surface area contributed by atoms with Crippen molar-refractivity contribution in [3.05, 3.63) is 66.0 Å². The summed E-state index contributed by atoms with van der Waals surface area (Å²) in [6, 6.07) is 16.6. The minimum absolute atomic E-state index is 0.0609. The molecular weight excluding hydrogens is 241 g/mol. The van der Waals surface area contributed by atoms with E-state index in [1.165, 1.54) is 6.07 Å². The molecule has 0 heterocycles. The maximum absolute atomic E-state index is 13.5. The number of halogens is 1. The fourth-order valence-electron chi connectivity index (χ4n) is 1.94. The Morgan fingerprint density at radius 1 is 1.05 bits per heavy atom. The number of nitrogens with one attached hydrogen (secondary N) is 1. The number of para-hydroxylation sites is 1. The summed E-state index contributed by atoms with van der Waals surface area (Å²) in [6.45, 7) is 3.28. The lowest BCUT2D eigenvalue weighted by Crippen LogP contribution is -2.26. The highest BCUT2D eigenvalue weighted by atomic mass is 19.1. The summed E-state index contributed by atoms with van der Waals surface area (Å²) in [7, 11) is 0. The molecule has 2 aromatic carbocycles. The van der Waals surface area contributed by atoms with E-state index in [-0.39, 0.29) is 11.9 Å². The van der Waals surface area contributed by atoms with Crippen LogP contribution in [0, 0.1) is 5.82 Å². The minimum Gasteiger partial charge on any atom is -0.489 e. The second-order valence-electron chi connectivity index (χ2n) is 4.26. The highest BCUT2D eigenvalue weighted by Gasteiger charge is 2.11. The largest absolute Gasteiger partial charge is 0.489 e. The molecule has 0 aliphatic heterocycles. The highest BCUT2D eigenvalue weighted by Crippen LogP contribution is 2.19. The van der Waals surface area contributed by atoms with Crippen molar-refractivity contribution < 1.29 is 9.13 Å². The van der Waals surface area contributed by atoms with Crippen LogP contribution in [0.4, 0.5) is 4.39 Å². The molecule has 100 valence electrons. The summed E-state index contributed by atoms with van der Waals surface area (Å²) in [4.78, 5) is 0. The van der Waals surface area contributed by atoms with Gasteiger partial charge in [0.2, 0.25) is 0 Å². The highest BCUT2D eigenvalue weighted by molar-refractivity contribution is 5.24. The Labute approximate surface area is 113 Å². The number of hydrogen-bond donors (Lipinski definition) is 1. The molecule has 0 saturated heterocycles. The van der Waals surface area contributed by atoms with Crippen LogP contribution in [0.15, 0.2) is 54.6 Å². The summed E-state index contributed by atoms with van der Waals surface area (Å²) in [6.07, 6.45) is 0. The summed E-state index contributed by atoms with van der Waals surface area (Å²) in [5.74, 6) is -0.0351. The van der Waals surface area contributed by atoms with Crippen molar-refractivity contribution in [2.45, 2.75) is 13.0 Å². The van der Waals surface area contributed by atoms with Crippen LogP contribution in [0.3, 0.4) is 0 Å². The molecule has 0 spiro atoms. The Balaban J connectivity index is 2.04. The molecule has 0 aliphatic rings. The maximum atomic E-state index is 13.5. The molecule has 1 atom stereocenters. The Kier molecular flexibility index (Phi) is 4.93. The third-order valence-corrected chi connectivity index (χ3v) is 2.89. The standard InChI is InChI=1S/C16H18FNO/c1-2-18-15(13-8-4-3-5-9-13)12-19-16-11-7-6-10-14(16)17/h3-11,15,18H,2,12H2,1H3. The van der Waals surface area contributed by atoms with Crippen molar-refractivity contribution in [1.82, 2.24) is 5.32 Å². The predicted molar refractivity (Wildman–Crippen MR) is 74.8 cm³/mol. The van der Waals surface area contributed by atoms with Crippen LogP contribution in [-0.4, -0.2) is 13.2 Å². The van der Waals surface area contributed by atoms with E-state index in [9.17, 15) is 4.39 Å². The number of rotatable bonds is 6.